The number of rotatable bonds is 5. The Morgan fingerprint density at radius 2 is 1.74 bits per heavy atom. The Bertz CT molecular complexity index is 1440. The van der Waals surface area contributed by atoms with Crippen LogP contribution in [0.15, 0.2) is 59.4 Å². The average Bonchev–Trinajstić information content (AvgIpc) is 3.22. The Balaban J connectivity index is 1.23. The van der Waals surface area contributed by atoms with Crippen molar-refractivity contribution < 1.29 is 18.7 Å². The summed E-state index contributed by atoms with van der Waals surface area (Å²) in [5.41, 5.74) is 2.39. The molecule has 2 aromatic heterocycles. The zero-order valence-electron chi connectivity index (χ0n) is 18.0. The number of nitrogens with zero attached hydrogens (tertiary/aromatic N) is 2. The monoisotopic (exact) mass is 477 g/mol. The number of hydrogen-bond acceptors (Lipinski definition) is 6. The first-order valence-electron chi connectivity index (χ1n) is 10.9. The second-order valence-electron chi connectivity index (χ2n) is 8.00. The van der Waals surface area contributed by atoms with E-state index in [1.165, 1.54) is 58.7 Å². The molecule has 2 aromatic carbocycles. The molecule has 0 saturated carbocycles. The third-order valence-corrected chi connectivity index (χ3v) is 6.79. The number of halogens is 1. The second kappa shape index (κ2) is 9.18. The zero-order chi connectivity index (χ0) is 23.7. The average molecular weight is 478 g/mol. The van der Waals surface area contributed by atoms with Crippen LogP contribution in [-0.4, -0.2) is 21.3 Å². The standard InChI is InChI=1S/C25H20FN3O4S/c26-17-9-5-15(6-10-17)23(31)27-18-11-7-16(8-12-18)24(32)33-14-19-13-22(30)29-20-3-1-2-4-21(20)34-25(29)28-19/h5-13H,1-4,14H2,(H,27,31). The molecule has 1 N–H and O–H groups in total. The number of benzene rings is 2. The number of nitrogens with one attached hydrogen (secondary N) is 1. The third-order valence-electron chi connectivity index (χ3n) is 5.65. The van der Waals surface area contributed by atoms with Crippen LogP contribution >= 0.6 is 11.3 Å². The summed E-state index contributed by atoms with van der Waals surface area (Å²) in [7, 11) is 0. The molecule has 1 aliphatic carbocycles. The van der Waals surface area contributed by atoms with Crippen LogP contribution in [-0.2, 0) is 24.2 Å². The number of thiazole rings is 1. The van der Waals surface area contributed by atoms with E-state index in [9.17, 15) is 18.8 Å². The van der Waals surface area contributed by atoms with Crippen molar-refractivity contribution in [3.05, 3.63) is 98.2 Å². The SMILES string of the molecule is O=C(Nc1ccc(C(=O)OCc2cc(=O)n3c4c(sc3n2)CCCC4)cc1)c1ccc(F)cc1. The van der Waals surface area contributed by atoms with Crippen molar-refractivity contribution in [3.63, 3.8) is 0 Å². The molecule has 1 aliphatic rings. The number of aromatic nitrogens is 2. The number of fused-ring (bicyclic) bond motifs is 3. The maximum absolute atomic E-state index is 13.0. The smallest absolute Gasteiger partial charge is 0.338 e. The Labute approximate surface area is 197 Å². The summed E-state index contributed by atoms with van der Waals surface area (Å²) in [5.74, 6) is -1.38. The highest BCUT2D eigenvalue weighted by atomic mass is 32.1. The largest absolute Gasteiger partial charge is 0.456 e. The number of esters is 1. The van der Waals surface area contributed by atoms with E-state index in [1.807, 2.05) is 0 Å². The van der Waals surface area contributed by atoms with Crippen LogP contribution in [0.1, 0.15) is 49.8 Å². The van der Waals surface area contributed by atoms with Gasteiger partial charge in [0.15, 0.2) is 4.96 Å². The minimum absolute atomic E-state index is 0.115. The lowest BCUT2D eigenvalue weighted by atomic mass is 10.0. The molecule has 4 aromatic rings. The van der Waals surface area contributed by atoms with Gasteiger partial charge in [0.2, 0.25) is 0 Å². The van der Waals surface area contributed by atoms with Crippen LogP contribution < -0.4 is 10.9 Å². The first-order chi connectivity index (χ1) is 16.5. The lowest BCUT2D eigenvalue weighted by Gasteiger charge is -2.10. The Hall–Kier alpha value is -3.85. The number of carbonyl (C=O) groups excluding carboxylic acids is 2. The summed E-state index contributed by atoms with van der Waals surface area (Å²) in [6.07, 6.45) is 4.03. The first-order valence-corrected chi connectivity index (χ1v) is 11.7. The van der Waals surface area contributed by atoms with E-state index in [1.54, 1.807) is 16.5 Å². The molecule has 9 heteroatoms. The number of hydrogen-bond donors (Lipinski definition) is 1. The van der Waals surface area contributed by atoms with Gasteiger partial charge in [0.25, 0.3) is 11.5 Å². The number of ether oxygens (including phenoxy) is 1. The molecule has 5 rings (SSSR count). The van der Waals surface area contributed by atoms with Gasteiger partial charge in [-0.1, -0.05) is 0 Å². The number of amides is 1. The first kappa shape index (κ1) is 22.0. The molecule has 0 bridgehead atoms. The Morgan fingerprint density at radius 1 is 1.03 bits per heavy atom. The van der Waals surface area contributed by atoms with Crippen LogP contribution in [0.2, 0.25) is 0 Å². The summed E-state index contributed by atoms with van der Waals surface area (Å²) in [6, 6.07) is 12.8. The summed E-state index contributed by atoms with van der Waals surface area (Å²) in [6.45, 7) is -0.115. The molecule has 2 heterocycles. The van der Waals surface area contributed by atoms with Crippen molar-refractivity contribution in [1.29, 1.82) is 0 Å². The van der Waals surface area contributed by atoms with Crippen LogP contribution in [0.3, 0.4) is 0 Å². The Kier molecular flexibility index (Phi) is 5.93. The fourth-order valence-corrected chi connectivity index (χ4v) is 5.16. The number of anilines is 1. The van der Waals surface area contributed by atoms with Gasteiger partial charge in [0, 0.05) is 27.9 Å². The van der Waals surface area contributed by atoms with Gasteiger partial charge in [-0.3, -0.25) is 14.0 Å². The molecular formula is C25H20FN3O4S. The summed E-state index contributed by atoms with van der Waals surface area (Å²) >= 11 is 1.52. The third kappa shape index (κ3) is 4.47. The van der Waals surface area contributed by atoms with Crippen molar-refractivity contribution in [3.8, 4) is 0 Å². The second-order valence-corrected chi connectivity index (χ2v) is 9.06. The highest BCUT2D eigenvalue weighted by molar-refractivity contribution is 7.17. The van der Waals surface area contributed by atoms with Crippen molar-refractivity contribution in [1.82, 2.24) is 9.38 Å². The van der Waals surface area contributed by atoms with E-state index < -0.39 is 17.7 Å². The maximum Gasteiger partial charge on any atom is 0.338 e. The minimum atomic E-state index is -0.566. The highest BCUT2D eigenvalue weighted by Gasteiger charge is 2.19. The van der Waals surface area contributed by atoms with Gasteiger partial charge in [-0.15, -0.1) is 11.3 Å². The molecule has 0 radical (unpaired) electrons. The van der Waals surface area contributed by atoms with Gasteiger partial charge in [-0.2, -0.15) is 0 Å². The van der Waals surface area contributed by atoms with Gasteiger partial charge in [-0.25, -0.2) is 14.2 Å². The topological polar surface area (TPSA) is 89.8 Å². The molecule has 0 atom stereocenters. The summed E-state index contributed by atoms with van der Waals surface area (Å²) in [4.78, 5) is 43.7. The van der Waals surface area contributed by atoms with Gasteiger partial charge < -0.3 is 10.1 Å². The number of carbonyl (C=O) groups is 2. The quantitative estimate of drug-likeness (QED) is 0.431. The minimum Gasteiger partial charge on any atom is -0.456 e. The predicted molar refractivity (Wildman–Crippen MR) is 126 cm³/mol. The van der Waals surface area contributed by atoms with Crippen LogP contribution in [0, 0.1) is 5.82 Å². The normalized spacial score (nSPS) is 12.9. The molecule has 0 aliphatic heterocycles. The molecule has 172 valence electrons. The molecular weight excluding hydrogens is 457 g/mol. The van der Waals surface area contributed by atoms with Crippen molar-refractivity contribution in [2.75, 3.05) is 5.32 Å². The molecule has 0 saturated heterocycles. The van der Waals surface area contributed by atoms with E-state index in [-0.39, 0.29) is 12.2 Å². The predicted octanol–water partition coefficient (Wildman–Crippen LogP) is 4.38. The Morgan fingerprint density at radius 3 is 2.50 bits per heavy atom. The van der Waals surface area contributed by atoms with Gasteiger partial charge in [0.05, 0.1) is 11.3 Å². The van der Waals surface area contributed by atoms with Crippen LogP contribution in [0.4, 0.5) is 10.1 Å². The van der Waals surface area contributed by atoms with Gasteiger partial charge >= 0.3 is 5.97 Å². The molecule has 1 amide bonds. The number of aryl methyl sites for hydroxylation is 2. The van der Waals surface area contributed by atoms with E-state index in [4.69, 9.17) is 4.74 Å². The summed E-state index contributed by atoms with van der Waals surface area (Å²) < 4.78 is 20.0. The molecule has 34 heavy (non-hydrogen) atoms. The lowest BCUT2D eigenvalue weighted by molar-refractivity contribution is 0.0467. The highest BCUT2D eigenvalue weighted by Crippen LogP contribution is 2.28. The fourth-order valence-electron chi connectivity index (χ4n) is 3.93. The molecule has 0 unspecified atom stereocenters. The van der Waals surface area contributed by atoms with Gasteiger partial charge in [0.1, 0.15) is 12.4 Å². The van der Waals surface area contributed by atoms with Crippen molar-refractivity contribution >= 4 is 33.9 Å². The molecule has 0 spiro atoms. The lowest BCUT2D eigenvalue weighted by Crippen LogP contribution is -2.18. The maximum atomic E-state index is 13.0. The van der Waals surface area contributed by atoms with Crippen molar-refractivity contribution in [2.45, 2.75) is 32.3 Å². The van der Waals surface area contributed by atoms with E-state index >= 15 is 0 Å². The molecule has 7 nitrogen and oxygen atoms in total. The zero-order valence-corrected chi connectivity index (χ0v) is 18.9. The van der Waals surface area contributed by atoms with Crippen LogP contribution in [0.5, 0.6) is 0 Å². The van der Waals surface area contributed by atoms with Gasteiger partial charge in [-0.05, 0) is 74.2 Å². The van der Waals surface area contributed by atoms with E-state index in [2.05, 4.69) is 10.3 Å². The van der Waals surface area contributed by atoms with Crippen LogP contribution in [0.25, 0.3) is 4.96 Å². The molecule has 0 fully saturated rings. The summed E-state index contributed by atoms with van der Waals surface area (Å²) in [5, 5.41) is 2.69. The van der Waals surface area contributed by atoms with E-state index in [0.717, 1.165) is 31.4 Å². The van der Waals surface area contributed by atoms with Crippen molar-refractivity contribution in [2.24, 2.45) is 0 Å². The van der Waals surface area contributed by atoms with E-state index in [0.29, 0.717) is 27.5 Å². The fraction of sp³-hybridized carbons (Fsp3) is 0.200.